The molecule has 0 aliphatic heterocycles. The van der Waals surface area contributed by atoms with Crippen molar-refractivity contribution in [2.45, 2.75) is 19.6 Å². The Morgan fingerprint density at radius 2 is 1.76 bits per heavy atom. The molecular formula is C21H15F3N2O2S. The van der Waals surface area contributed by atoms with Gasteiger partial charge in [-0.25, -0.2) is 9.36 Å². The molecule has 8 heteroatoms. The van der Waals surface area contributed by atoms with E-state index in [4.69, 9.17) is 0 Å². The first-order valence-corrected chi connectivity index (χ1v) is 9.60. The summed E-state index contributed by atoms with van der Waals surface area (Å²) in [5.74, 6) is 0. The van der Waals surface area contributed by atoms with Gasteiger partial charge in [-0.3, -0.25) is 9.36 Å². The molecule has 2 aromatic heterocycles. The minimum absolute atomic E-state index is 0.0379. The Bertz CT molecular complexity index is 1330. The molecule has 0 atom stereocenters. The molecule has 4 aromatic rings. The fourth-order valence-electron chi connectivity index (χ4n) is 3.34. The monoisotopic (exact) mass is 416 g/mol. The van der Waals surface area contributed by atoms with Crippen LogP contribution in [0.3, 0.4) is 0 Å². The van der Waals surface area contributed by atoms with Gasteiger partial charge in [-0.2, -0.15) is 13.2 Å². The van der Waals surface area contributed by atoms with Crippen LogP contribution in [-0.2, 0) is 12.7 Å². The topological polar surface area (TPSA) is 44.0 Å². The molecule has 0 aliphatic carbocycles. The molecule has 0 saturated carbocycles. The van der Waals surface area contributed by atoms with Crippen molar-refractivity contribution in [3.8, 4) is 5.69 Å². The van der Waals surface area contributed by atoms with Crippen molar-refractivity contribution in [2.75, 3.05) is 0 Å². The fraction of sp³-hybridized carbons (Fsp3) is 0.143. The fourth-order valence-corrected chi connectivity index (χ4v) is 4.16. The Labute approximate surface area is 167 Å². The van der Waals surface area contributed by atoms with Crippen molar-refractivity contribution in [3.05, 3.63) is 97.5 Å². The number of hydrogen-bond donors (Lipinski definition) is 0. The second-order valence-corrected chi connectivity index (χ2v) is 7.55. The first-order valence-electron chi connectivity index (χ1n) is 8.72. The third kappa shape index (κ3) is 3.40. The Kier molecular flexibility index (Phi) is 4.66. The molecular weight excluding hydrogens is 401 g/mol. The van der Waals surface area contributed by atoms with E-state index in [-0.39, 0.29) is 12.1 Å². The summed E-state index contributed by atoms with van der Waals surface area (Å²) in [5, 5.41) is 1.65. The van der Waals surface area contributed by atoms with Crippen molar-refractivity contribution in [3.63, 3.8) is 0 Å². The van der Waals surface area contributed by atoms with Crippen LogP contribution in [0.4, 0.5) is 13.2 Å². The van der Waals surface area contributed by atoms with E-state index in [0.29, 0.717) is 15.9 Å². The van der Waals surface area contributed by atoms with Gasteiger partial charge in [0.2, 0.25) is 0 Å². The number of rotatable bonds is 3. The van der Waals surface area contributed by atoms with Crippen molar-refractivity contribution in [1.82, 2.24) is 9.13 Å². The molecule has 0 amide bonds. The number of aryl methyl sites for hydroxylation is 1. The zero-order valence-electron chi connectivity index (χ0n) is 15.2. The number of nitrogens with zero attached hydrogens (tertiary/aromatic N) is 2. The SMILES string of the molecule is Cc1cccc(-n2c(=O)c3sccc3n(Cc3ccccc3C(F)(F)F)c2=O)c1. The van der Waals surface area contributed by atoms with E-state index in [1.165, 1.54) is 22.8 Å². The third-order valence-corrected chi connectivity index (χ3v) is 5.56. The molecule has 0 spiro atoms. The number of alkyl halides is 3. The van der Waals surface area contributed by atoms with E-state index in [2.05, 4.69) is 0 Å². The molecule has 0 saturated heterocycles. The summed E-state index contributed by atoms with van der Waals surface area (Å²) in [6.45, 7) is 1.53. The molecule has 4 nitrogen and oxygen atoms in total. The summed E-state index contributed by atoms with van der Waals surface area (Å²) in [6, 6.07) is 13.6. The lowest BCUT2D eigenvalue weighted by Crippen LogP contribution is -2.38. The number of halogens is 3. The molecule has 148 valence electrons. The summed E-state index contributed by atoms with van der Waals surface area (Å²) in [7, 11) is 0. The van der Waals surface area contributed by atoms with Crippen LogP contribution in [0, 0.1) is 6.92 Å². The van der Waals surface area contributed by atoms with Crippen LogP contribution < -0.4 is 11.2 Å². The molecule has 29 heavy (non-hydrogen) atoms. The van der Waals surface area contributed by atoms with Gasteiger partial charge in [0.25, 0.3) is 5.56 Å². The second-order valence-electron chi connectivity index (χ2n) is 6.64. The van der Waals surface area contributed by atoms with Gasteiger partial charge < -0.3 is 0 Å². The number of fused-ring (bicyclic) bond motifs is 1. The van der Waals surface area contributed by atoms with Crippen molar-refractivity contribution >= 4 is 21.6 Å². The van der Waals surface area contributed by atoms with E-state index in [1.807, 2.05) is 13.0 Å². The summed E-state index contributed by atoms with van der Waals surface area (Å²) >= 11 is 1.15. The standard InChI is InChI=1S/C21H15F3N2O2S/c1-13-5-4-7-15(11-13)26-19(27)18-17(9-10-29-18)25(20(26)28)12-14-6-2-3-8-16(14)21(22,23)24/h2-11H,12H2,1H3. The highest BCUT2D eigenvalue weighted by molar-refractivity contribution is 7.17. The highest BCUT2D eigenvalue weighted by Crippen LogP contribution is 2.32. The van der Waals surface area contributed by atoms with Crippen molar-refractivity contribution in [1.29, 1.82) is 0 Å². The van der Waals surface area contributed by atoms with Crippen LogP contribution in [0.15, 0.2) is 69.6 Å². The normalized spacial score (nSPS) is 11.9. The molecule has 4 rings (SSSR count). The average molecular weight is 416 g/mol. The lowest BCUT2D eigenvalue weighted by Gasteiger charge is -2.16. The Morgan fingerprint density at radius 3 is 2.48 bits per heavy atom. The predicted molar refractivity (Wildman–Crippen MR) is 107 cm³/mol. The third-order valence-electron chi connectivity index (χ3n) is 4.67. The zero-order valence-corrected chi connectivity index (χ0v) is 16.1. The van der Waals surface area contributed by atoms with Crippen LogP contribution in [0.2, 0.25) is 0 Å². The van der Waals surface area contributed by atoms with Gasteiger partial charge in [0.15, 0.2) is 0 Å². The molecule has 0 radical (unpaired) electrons. The molecule has 0 aliphatic rings. The maximum Gasteiger partial charge on any atom is 0.416 e. The van der Waals surface area contributed by atoms with E-state index < -0.39 is 23.0 Å². The van der Waals surface area contributed by atoms with Gasteiger partial charge in [0, 0.05) is 0 Å². The second kappa shape index (κ2) is 7.04. The summed E-state index contributed by atoms with van der Waals surface area (Å²) < 4.78 is 42.8. The van der Waals surface area contributed by atoms with E-state index in [9.17, 15) is 22.8 Å². The van der Waals surface area contributed by atoms with Gasteiger partial charge in [0.1, 0.15) is 4.70 Å². The maximum atomic E-state index is 13.4. The van der Waals surface area contributed by atoms with E-state index >= 15 is 0 Å². The molecule has 2 heterocycles. The predicted octanol–water partition coefficient (Wildman–Crippen LogP) is 4.59. The van der Waals surface area contributed by atoms with Crippen molar-refractivity contribution < 1.29 is 13.2 Å². The van der Waals surface area contributed by atoms with Gasteiger partial charge in [-0.05, 0) is 47.7 Å². The number of thiophene rings is 1. The Balaban J connectivity index is 1.99. The number of benzene rings is 2. The van der Waals surface area contributed by atoms with E-state index in [0.717, 1.165) is 27.5 Å². The quantitative estimate of drug-likeness (QED) is 0.490. The maximum absolute atomic E-state index is 13.4. The summed E-state index contributed by atoms with van der Waals surface area (Å²) in [6.07, 6.45) is -4.54. The van der Waals surface area contributed by atoms with Gasteiger partial charge in [-0.1, -0.05) is 30.3 Å². The van der Waals surface area contributed by atoms with Crippen LogP contribution in [0.25, 0.3) is 15.9 Å². The smallest absolute Gasteiger partial charge is 0.288 e. The first-order chi connectivity index (χ1) is 13.8. The van der Waals surface area contributed by atoms with Gasteiger partial charge in [-0.15, -0.1) is 11.3 Å². The van der Waals surface area contributed by atoms with E-state index in [1.54, 1.807) is 29.6 Å². The lowest BCUT2D eigenvalue weighted by molar-refractivity contribution is -0.138. The van der Waals surface area contributed by atoms with Gasteiger partial charge >= 0.3 is 11.9 Å². The molecule has 0 bridgehead atoms. The highest BCUT2D eigenvalue weighted by Gasteiger charge is 2.33. The Morgan fingerprint density at radius 1 is 1.00 bits per heavy atom. The summed E-state index contributed by atoms with van der Waals surface area (Å²) in [5.41, 5.74) is -0.435. The molecule has 0 fully saturated rings. The van der Waals surface area contributed by atoms with Gasteiger partial charge in [0.05, 0.1) is 23.3 Å². The molecule has 0 unspecified atom stereocenters. The summed E-state index contributed by atoms with van der Waals surface area (Å²) in [4.78, 5) is 26.2. The van der Waals surface area contributed by atoms with Crippen LogP contribution in [0.1, 0.15) is 16.7 Å². The number of hydrogen-bond acceptors (Lipinski definition) is 3. The highest BCUT2D eigenvalue weighted by atomic mass is 32.1. The molecule has 0 N–H and O–H groups in total. The number of aromatic nitrogens is 2. The lowest BCUT2D eigenvalue weighted by atomic mass is 10.1. The average Bonchev–Trinajstić information content (AvgIpc) is 3.15. The minimum atomic E-state index is -4.54. The molecule has 2 aromatic carbocycles. The Hall–Kier alpha value is -3.13. The largest absolute Gasteiger partial charge is 0.416 e. The van der Waals surface area contributed by atoms with Crippen molar-refractivity contribution in [2.24, 2.45) is 0 Å². The first kappa shape index (κ1) is 19.2. The minimum Gasteiger partial charge on any atom is -0.288 e. The van der Waals surface area contributed by atoms with Crippen LogP contribution >= 0.6 is 11.3 Å². The van der Waals surface area contributed by atoms with Crippen LogP contribution in [-0.4, -0.2) is 9.13 Å². The zero-order chi connectivity index (χ0) is 20.8. The van der Waals surface area contributed by atoms with Crippen LogP contribution in [0.5, 0.6) is 0 Å².